The summed E-state index contributed by atoms with van der Waals surface area (Å²) in [5.41, 5.74) is 4.22. The van der Waals surface area contributed by atoms with Crippen LogP contribution in [0.5, 0.6) is 11.5 Å². The Morgan fingerprint density at radius 1 is 1.14 bits per heavy atom. The van der Waals surface area contributed by atoms with E-state index < -0.39 is 10.0 Å². The fourth-order valence-electron chi connectivity index (χ4n) is 2.90. The maximum atomic E-state index is 11.9. The van der Waals surface area contributed by atoms with Gasteiger partial charge in [-0.05, 0) is 30.3 Å². The average molecular weight is 403 g/mol. The van der Waals surface area contributed by atoms with Crippen molar-refractivity contribution < 1.29 is 22.7 Å². The lowest BCUT2D eigenvalue weighted by Gasteiger charge is -2.31. The Morgan fingerprint density at radius 3 is 2.50 bits per heavy atom. The summed E-state index contributed by atoms with van der Waals surface area (Å²) in [6.07, 6.45) is 1.14. The van der Waals surface area contributed by atoms with Gasteiger partial charge < -0.3 is 9.47 Å². The molecule has 2 aromatic rings. The number of carbonyl (C=O) groups excluding carboxylic acids is 1. The molecule has 2 N–H and O–H groups in total. The number of nitrogens with zero attached hydrogens (tertiary/aromatic N) is 1. The summed E-state index contributed by atoms with van der Waals surface area (Å²) in [6, 6.07) is 14.1. The number of amides is 1. The van der Waals surface area contributed by atoms with Crippen LogP contribution in [0.2, 0.25) is 0 Å². The molecular weight excluding hydrogens is 382 g/mol. The van der Waals surface area contributed by atoms with Crippen LogP contribution in [-0.2, 0) is 19.6 Å². The van der Waals surface area contributed by atoms with Gasteiger partial charge in [0.1, 0.15) is 23.0 Å². The molecule has 0 saturated carbocycles. The van der Waals surface area contributed by atoms with E-state index in [0.29, 0.717) is 34.2 Å². The molecule has 0 atom stereocenters. The molecule has 2 aromatic carbocycles. The second-order valence-electron chi connectivity index (χ2n) is 6.25. The zero-order valence-electron chi connectivity index (χ0n) is 15.7. The Balaban J connectivity index is 2.14. The van der Waals surface area contributed by atoms with E-state index in [0.717, 1.165) is 6.26 Å². The minimum absolute atomic E-state index is 0.0602. The standard InChI is InChI=1S/C19H21N3O5S/c1-22-19(17(26-2)12-18(23)20-22)15-11-13(21-28(3,24)25)9-10-16(15)27-14-7-5-4-6-8-14/h4-11,21H,12H2,1-3H3,(H,20,23). The minimum Gasteiger partial charge on any atom is -0.498 e. The third-order valence-corrected chi connectivity index (χ3v) is 4.57. The SMILES string of the molecule is COC1=C(c2cc(NS(C)(=O)=O)ccc2Oc2ccccc2)N(C)NC(=O)C1. The van der Waals surface area contributed by atoms with Crippen molar-refractivity contribution >= 4 is 27.3 Å². The van der Waals surface area contributed by atoms with Crippen LogP contribution in [0.25, 0.3) is 5.70 Å². The van der Waals surface area contributed by atoms with E-state index >= 15 is 0 Å². The first-order valence-electron chi connectivity index (χ1n) is 8.42. The van der Waals surface area contributed by atoms with Crippen LogP contribution >= 0.6 is 0 Å². The Labute approximate surface area is 163 Å². The van der Waals surface area contributed by atoms with Gasteiger partial charge in [0, 0.05) is 18.3 Å². The number of hydrazine groups is 1. The molecule has 9 heteroatoms. The fraction of sp³-hybridized carbons (Fsp3) is 0.211. The molecule has 1 heterocycles. The number of ether oxygens (including phenoxy) is 2. The van der Waals surface area contributed by atoms with E-state index in [4.69, 9.17) is 9.47 Å². The summed E-state index contributed by atoms with van der Waals surface area (Å²) in [7, 11) is -0.300. The van der Waals surface area contributed by atoms with E-state index in [-0.39, 0.29) is 12.3 Å². The van der Waals surface area contributed by atoms with Gasteiger partial charge in [-0.3, -0.25) is 20.0 Å². The molecule has 1 aliphatic heterocycles. The summed E-state index contributed by atoms with van der Waals surface area (Å²) in [6.45, 7) is 0. The molecular formula is C19H21N3O5S. The van der Waals surface area contributed by atoms with E-state index in [1.165, 1.54) is 12.1 Å². The number of benzene rings is 2. The van der Waals surface area contributed by atoms with E-state index in [2.05, 4.69) is 10.1 Å². The summed E-state index contributed by atoms with van der Waals surface area (Å²) >= 11 is 0. The molecule has 8 nitrogen and oxygen atoms in total. The van der Waals surface area contributed by atoms with Crippen LogP contribution in [0.4, 0.5) is 5.69 Å². The first kappa shape index (κ1) is 19.6. The monoisotopic (exact) mass is 403 g/mol. The zero-order chi connectivity index (χ0) is 20.3. The predicted octanol–water partition coefficient (Wildman–Crippen LogP) is 2.53. The quantitative estimate of drug-likeness (QED) is 0.769. The highest BCUT2D eigenvalue weighted by Crippen LogP contribution is 2.37. The molecule has 0 spiro atoms. The molecule has 0 radical (unpaired) electrons. The number of para-hydroxylation sites is 1. The number of rotatable bonds is 6. The van der Waals surface area contributed by atoms with Gasteiger partial charge >= 0.3 is 0 Å². The van der Waals surface area contributed by atoms with Crippen molar-refractivity contribution in [2.24, 2.45) is 0 Å². The Bertz CT molecular complexity index is 1020. The fourth-order valence-corrected chi connectivity index (χ4v) is 3.45. The van der Waals surface area contributed by atoms with Gasteiger partial charge in [0.05, 0.1) is 19.8 Å². The number of hydrogen-bond acceptors (Lipinski definition) is 6. The Kier molecular flexibility index (Phi) is 5.46. The lowest BCUT2D eigenvalue weighted by molar-refractivity contribution is -0.125. The van der Waals surface area contributed by atoms with Gasteiger partial charge in [-0.25, -0.2) is 8.42 Å². The van der Waals surface area contributed by atoms with Gasteiger partial charge in [0.2, 0.25) is 15.9 Å². The smallest absolute Gasteiger partial charge is 0.246 e. The van der Waals surface area contributed by atoms with Crippen LogP contribution in [-0.4, -0.2) is 39.7 Å². The number of carbonyl (C=O) groups is 1. The van der Waals surface area contributed by atoms with E-state index in [1.807, 2.05) is 30.3 Å². The third kappa shape index (κ3) is 4.55. The van der Waals surface area contributed by atoms with Crippen molar-refractivity contribution in [1.82, 2.24) is 10.4 Å². The number of hydrogen-bond donors (Lipinski definition) is 2. The topological polar surface area (TPSA) is 97.0 Å². The molecule has 3 rings (SSSR count). The highest BCUT2D eigenvalue weighted by molar-refractivity contribution is 7.92. The van der Waals surface area contributed by atoms with Gasteiger partial charge in [-0.2, -0.15) is 0 Å². The van der Waals surface area contributed by atoms with Crippen molar-refractivity contribution in [1.29, 1.82) is 0 Å². The number of sulfonamides is 1. The Hall–Kier alpha value is -3.20. The number of methoxy groups -OCH3 is 1. The first-order valence-corrected chi connectivity index (χ1v) is 10.3. The zero-order valence-corrected chi connectivity index (χ0v) is 16.5. The van der Waals surface area contributed by atoms with Crippen LogP contribution in [0.1, 0.15) is 12.0 Å². The molecule has 148 valence electrons. The molecule has 0 bridgehead atoms. The first-order chi connectivity index (χ1) is 13.3. The molecule has 1 aliphatic rings. The number of nitrogens with one attached hydrogen (secondary N) is 2. The highest BCUT2D eigenvalue weighted by atomic mass is 32.2. The van der Waals surface area contributed by atoms with Gasteiger partial charge in [0.25, 0.3) is 0 Å². The van der Waals surface area contributed by atoms with Crippen LogP contribution in [0.15, 0.2) is 54.3 Å². The molecule has 0 aromatic heterocycles. The minimum atomic E-state index is -3.46. The summed E-state index contributed by atoms with van der Waals surface area (Å²) in [4.78, 5) is 11.9. The Morgan fingerprint density at radius 2 is 1.86 bits per heavy atom. The molecule has 1 amide bonds. The molecule has 0 aliphatic carbocycles. The van der Waals surface area contributed by atoms with Crippen molar-refractivity contribution in [3.63, 3.8) is 0 Å². The summed E-state index contributed by atoms with van der Waals surface area (Å²) in [5, 5.41) is 1.53. The van der Waals surface area contributed by atoms with Crippen molar-refractivity contribution in [2.45, 2.75) is 6.42 Å². The van der Waals surface area contributed by atoms with E-state index in [9.17, 15) is 13.2 Å². The number of anilines is 1. The molecule has 28 heavy (non-hydrogen) atoms. The van der Waals surface area contributed by atoms with Gasteiger partial charge in [-0.1, -0.05) is 18.2 Å². The molecule has 0 fully saturated rings. The van der Waals surface area contributed by atoms with Crippen molar-refractivity contribution in [3.05, 3.63) is 59.9 Å². The second-order valence-corrected chi connectivity index (χ2v) is 8.00. The largest absolute Gasteiger partial charge is 0.498 e. The van der Waals surface area contributed by atoms with Crippen LogP contribution < -0.4 is 14.9 Å². The molecule has 0 saturated heterocycles. The average Bonchev–Trinajstić information content (AvgIpc) is 2.62. The van der Waals surface area contributed by atoms with Gasteiger partial charge in [-0.15, -0.1) is 0 Å². The van der Waals surface area contributed by atoms with Crippen molar-refractivity contribution in [2.75, 3.05) is 25.1 Å². The lowest BCUT2D eigenvalue weighted by Crippen LogP contribution is -2.42. The summed E-state index contributed by atoms with van der Waals surface area (Å²) in [5.74, 6) is 1.34. The maximum absolute atomic E-state index is 11.9. The normalized spacial score (nSPS) is 14.5. The second kappa shape index (κ2) is 7.81. The maximum Gasteiger partial charge on any atom is 0.246 e. The third-order valence-electron chi connectivity index (χ3n) is 3.97. The lowest BCUT2D eigenvalue weighted by atomic mass is 10.1. The van der Waals surface area contributed by atoms with Crippen LogP contribution in [0, 0.1) is 0 Å². The van der Waals surface area contributed by atoms with Gasteiger partial charge in [0.15, 0.2) is 0 Å². The highest BCUT2D eigenvalue weighted by Gasteiger charge is 2.27. The predicted molar refractivity (Wildman–Crippen MR) is 106 cm³/mol. The van der Waals surface area contributed by atoms with Crippen molar-refractivity contribution in [3.8, 4) is 11.5 Å². The summed E-state index contributed by atoms with van der Waals surface area (Å²) < 4.78 is 37.2. The van der Waals surface area contributed by atoms with Crippen LogP contribution in [0.3, 0.4) is 0 Å². The van der Waals surface area contributed by atoms with E-state index in [1.54, 1.807) is 25.2 Å². The molecule has 0 unspecified atom stereocenters.